The predicted octanol–water partition coefficient (Wildman–Crippen LogP) is 2.98. The van der Waals surface area contributed by atoms with Gasteiger partial charge in [0.15, 0.2) is 0 Å². The fourth-order valence-corrected chi connectivity index (χ4v) is 3.04. The maximum absolute atomic E-state index is 12.2. The summed E-state index contributed by atoms with van der Waals surface area (Å²) in [6.07, 6.45) is 3.09. The Labute approximate surface area is 141 Å². The monoisotopic (exact) mass is 329 g/mol. The van der Waals surface area contributed by atoms with Gasteiger partial charge in [0.2, 0.25) is 5.91 Å². The summed E-state index contributed by atoms with van der Waals surface area (Å²) in [5.74, 6) is 0.0496. The summed E-state index contributed by atoms with van der Waals surface area (Å²) < 4.78 is 0. The number of hydrogen-bond donors (Lipinski definition) is 1. The van der Waals surface area contributed by atoms with Crippen molar-refractivity contribution in [2.45, 2.75) is 25.8 Å². The van der Waals surface area contributed by atoms with Crippen LogP contribution in [0.5, 0.6) is 0 Å². The summed E-state index contributed by atoms with van der Waals surface area (Å²) in [5, 5.41) is 3.85. The van der Waals surface area contributed by atoms with Crippen LogP contribution >= 0.6 is 11.6 Å². The van der Waals surface area contributed by atoms with Crippen molar-refractivity contribution in [3.63, 3.8) is 0 Å². The highest BCUT2D eigenvalue weighted by atomic mass is 35.5. The average molecular weight is 330 g/mol. The van der Waals surface area contributed by atoms with Gasteiger partial charge in [-0.25, -0.2) is 0 Å². The van der Waals surface area contributed by atoms with Crippen LogP contribution in [0.4, 0.5) is 5.69 Å². The number of benzene rings is 1. The largest absolute Gasteiger partial charge is 0.369 e. The first-order valence-corrected chi connectivity index (χ1v) is 8.19. The zero-order chi connectivity index (χ0) is 16.2. The minimum atomic E-state index is 0.0496. The molecule has 1 saturated heterocycles. The van der Waals surface area contributed by atoms with Gasteiger partial charge >= 0.3 is 0 Å². The third-order valence-electron chi connectivity index (χ3n) is 4.06. The molecule has 5 heteroatoms. The Bertz CT molecular complexity index is 687. The van der Waals surface area contributed by atoms with E-state index in [1.54, 1.807) is 6.20 Å². The minimum Gasteiger partial charge on any atom is -0.369 e. The number of nitrogens with zero attached hydrogens (tertiary/aromatic N) is 2. The average Bonchev–Trinajstić information content (AvgIpc) is 2.98. The van der Waals surface area contributed by atoms with Crippen LogP contribution in [0.15, 0.2) is 42.6 Å². The molecule has 2 heterocycles. The van der Waals surface area contributed by atoms with Crippen LogP contribution < -0.4 is 10.2 Å². The lowest BCUT2D eigenvalue weighted by atomic mass is 10.1. The summed E-state index contributed by atoms with van der Waals surface area (Å²) >= 11 is 6.04. The van der Waals surface area contributed by atoms with E-state index in [0.29, 0.717) is 6.42 Å². The minimum absolute atomic E-state index is 0.0496. The standard InChI is InChI=1S/C18H20ClN3O/c1-13-5-6-14(11-20-13)9-18(23)21-16-7-8-22(12-16)17-4-2-3-15(19)10-17/h2-6,10-11,16H,7-9,12H2,1H3,(H,21,23)/t16-/m1/s1. The summed E-state index contributed by atoms with van der Waals surface area (Å²) in [6, 6.07) is 11.9. The van der Waals surface area contributed by atoms with Crippen LogP contribution in [0, 0.1) is 6.92 Å². The zero-order valence-electron chi connectivity index (χ0n) is 13.1. The molecular weight excluding hydrogens is 310 g/mol. The van der Waals surface area contributed by atoms with Crippen LogP contribution in [0.2, 0.25) is 5.02 Å². The molecule has 1 amide bonds. The molecule has 1 aromatic heterocycles. The van der Waals surface area contributed by atoms with Gasteiger partial charge in [0, 0.05) is 41.7 Å². The van der Waals surface area contributed by atoms with Crippen molar-refractivity contribution < 1.29 is 4.79 Å². The number of carbonyl (C=O) groups excluding carboxylic acids is 1. The SMILES string of the molecule is Cc1ccc(CC(=O)N[C@@H]2CCN(c3cccc(Cl)c3)C2)cn1. The lowest BCUT2D eigenvalue weighted by Gasteiger charge is -2.19. The second-order valence-electron chi connectivity index (χ2n) is 5.96. The molecule has 120 valence electrons. The van der Waals surface area contributed by atoms with Crippen molar-refractivity contribution in [2.24, 2.45) is 0 Å². The van der Waals surface area contributed by atoms with Gasteiger partial charge in [-0.1, -0.05) is 23.7 Å². The highest BCUT2D eigenvalue weighted by molar-refractivity contribution is 6.30. The summed E-state index contributed by atoms with van der Waals surface area (Å²) in [5.41, 5.74) is 3.01. The van der Waals surface area contributed by atoms with E-state index < -0.39 is 0 Å². The second-order valence-corrected chi connectivity index (χ2v) is 6.40. The maximum Gasteiger partial charge on any atom is 0.224 e. The summed E-state index contributed by atoms with van der Waals surface area (Å²) in [7, 11) is 0. The molecule has 1 aliphatic heterocycles. The molecule has 0 unspecified atom stereocenters. The zero-order valence-corrected chi connectivity index (χ0v) is 13.9. The van der Waals surface area contributed by atoms with E-state index in [0.717, 1.165) is 41.5 Å². The lowest BCUT2D eigenvalue weighted by Crippen LogP contribution is -2.38. The topological polar surface area (TPSA) is 45.2 Å². The van der Waals surface area contributed by atoms with Gasteiger partial charge in [-0.2, -0.15) is 0 Å². The lowest BCUT2D eigenvalue weighted by molar-refractivity contribution is -0.121. The number of carbonyl (C=O) groups is 1. The van der Waals surface area contributed by atoms with Crippen molar-refractivity contribution in [1.29, 1.82) is 0 Å². The number of halogens is 1. The molecule has 1 fully saturated rings. The van der Waals surface area contributed by atoms with Crippen LogP contribution in [-0.2, 0) is 11.2 Å². The predicted molar refractivity (Wildman–Crippen MR) is 92.9 cm³/mol. The first-order chi connectivity index (χ1) is 11.1. The Morgan fingerprint density at radius 1 is 1.39 bits per heavy atom. The van der Waals surface area contributed by atoms with Gasteiger partial charge in [-0.3, -0.25) is 9.78 Å². The Morgan fingerprint density at radius 2 is 2.26 bits per heavy atom. The molecule has 1 atom stereocenters. The molecule has 1 aromatic carbocycles. The number of rotatable bonds is 4. The fraction of sp³-hybridized carbons (Fsp3) is 0.333. The van der Waals surface area contributed by atoms with E-state index in [9.17, 15) is 4.79 Å². The van der Waals surface area contributed by atoms with E-state index in [1.165, 1.54) is 0 Å². The number of anilines is 1. The Morgan fingerprint density at radius 3 is 3.00 bits per heavy atom. The molecule has 4 nitrogen and oxygen atoms in total. The van der Waals surface area contributed by atoms with Crippen LogP contribution in [0.1, 0.15) is 17.7 Å². The molecule has 0 saturated carbocycles. The Balaban J connectivity index is 1.53. The van der Waals surface area contributed by atoms with Gasteiger partial charge in [0.05, 0.1) is 6.42 Å². The summed E-state index contributed by atoms with van der Waals surface area (Å²) in [4.78, 5) is 18.6. The third-order valence-corrected chi connectivity index (χ3v) is 4.30. The highest BCUT2D eigenvalue weighted by Crippen LogP contribution is 2.23. The van der Waals surface area contributed by atoms with Gasteiger partial charge in [0.1, 0.15) is 0 Å². The van der Waals surface area contributed by atoms with E-state index in [2.05, 4.69) is 15.2 Å². The van der Waals surface area contributed by atoms with Gasteiger partial charge in [-0.05, 0) is 43.2 Å². The van der Waals surface area contributed by atoms with Gasteiger partial charge in [-0.15, -0.1) is 0 Å². The quantitative estimate of drug-likeness (QED) is 0.938. The highest BCUT2D eigenvalue weighted by Gasteiger charge is 2.24. The van der Waals surface area contributed by atoms with Crippen molar-refractivity contribution in [1.82, 2.24) is 10.3 Å². The Kier molecular flexibility index (Phi) is 4.82. The van der Waals surface area contributed by atoms with Crippen LogP contribution in [0.3, 0.4) is 0 Å². The van der Waals surface area contributed by atoms with Crippen LogP contribution in [-0.4, -0.2) is 30.0 Å². The van der Waals surface area contributed by atoms with E-state index >= 15 is 0 Å². The maximum atomic E-state index is 12.2. The molecule has 23 heavy (non-hydrogen) atoms. The van der Waals surface area contributed by atoms with Gasteiger partial charge in [0.25, 0.3) is 0 Å². The third kappa shape index (κ3) is 4.23. The summed E-state index contributed by atoms with van der Waals surface area (Å²) in [6.45, 7) is 3.68. The molecule has 0 bridgehead atoms. The molecule has 0 radical (unpaired) electrons. The first-order valence-electron chi connectivity index (χ1n) is 7.81. The molecule has 0 spiro atoms. The molecule has 0 aliphatic carbocycles. The van der Waals surface area contributed by atoms with Crippen molar-refractivity contribution in [2.75, 3.05) is 18.0 Å². The molecule has 2 aromatic rings. The molecule has 3 rings (SSSR count). The fourth-order valence-electron chi connectivity index (χ4n) is 2.85. The van der Waals surface area contributed by atoms with E-state index in [-0.39, 0.29) is 11.9 Å². The number of aryl methyl sites for hydroxylation is 1. The van der Waals surface area contributed by atoms with Gasteiger partial charge < -0.3 is 10.2 Å². The van der Waals surface area contributed by atoms with Crippen molar-refractivity contribution in [3.05, 3.63) is 58.9 Å². The van der Waals surface area contributed by atoms with E-state index in [4.69, 9.17) is 11.6 Å². The number of aromatic nitrogens is 1. The molecule has 1 N–H and O–H groups in total. The Hall–Kier alpha value is -2.07. The number of hydrogen-bond acceptors (Lipinski definition) is 3. The van der Waals surface area contributed by atoms with Crippen molar-refractivity contribution in [3.8, 4) is 0 Å². The normalized spacial score (nSPS) is 17.3. The number of nitrogens with one attached hydrogen (secondary N) is 1. The smallest absolute Gasteiger partial charge is 0.224 e. The second kappa shape index (κ2) is 7.01. The molecule has 1 aliphatic rings. The first kappa shape index (κ1) is 15.8. The molecular formula is C18H20ClN3O. The number of amides is 1. The van der Waals surface area contributed by atoms with Crippen molar-refractivity contribution >= 4 is 23.2 Å². The van der Waals surface area contributed by atoms with Crippen LogP contribution in [0.25, 0.3) is 0 Å². The van der Waals surface area contributed by atoms with E-state index in [1.807, 2.05) is 43.3 Å². The number of pyridine rings is 1.